The highest BCUT2D eigenvalue weighted by atomic mass is 79.9. The number of fused-ring (bicyclic) bond motifs is 1. The molecule has 18 heavy (non-hydrogen) atoms. The molecule has 0 radical (unpaired) electrons. The summed E-state index contributed by atoms with van der Waals surface area (Å²) in [5.74, 6) is -0.251. The van der Waals surface area contributed by atoms with Crippen molar-refractivity contribution in [1.82, 2.24) is 14.8 Å². The van der Waals surface area contributed by atoms with Gasteiger partial charge < -0.3 is 4.74 Å². The van der Waals surface area contributed by atoms with E-state index in [0.29, 0.717) is 0 Å². The summed E-state index contributed by atoms with van der Waals surface area (Å²) < 4.78 is 7.58. The number of pyridine rings is 1. The highest BCUT2D eigenvalue weighted by Crippen LogP contribution is 2.18. The molecule has 0 N–H and O–H groups in total. The maximum atomic E-state index is 11.7. The summed E-state index contributed by atoms with van der Waals surface area (Å²) in [5.41, 5.74) is 0.365. The molecule has 2 aromatic rings. The Hall–Kier alpha value is -1.43. The first-order valence-electron chi connectivity index (χ1n) is 5.52. The van der Waals surface area contributed by atoms with Crippen LogP contribution in [-0.2, 0) is 16.3 Å². The van der Waals surface area contributed by atoms with Gasteiger partial charge in [0.05, 0.1) is 17.1 Å². The largest absolute Gasteiger partial charge is 0.442 e. The van der Waals surface area contributed by atoms with Crippen LogP contribution < -0.4 is 0 Å². The first-order chi connectivity index (χ1) is 8.38. The molecule has 5 nitrogen and oxygen atoms in total. The average molecular weight is 312 g/mol. The van der Waals surface area contributed by atoms with E-state index >= 15 is 0 Å². The summed E-state index contributed by atoms with van der Waals surface area (Å²) in [6, 6.07) is 1.84. The zero-order valence-electron chi connectivity index (χ0n) is 10.5. The van der Waals surface area contributed by atoms with Gasteiger partial charge in [-0.05, 0) is 42.8 Å². The zero-order valence-corrected chi connectivity index (χ0v) is 12.1. The van der Waals surface area contributed by atoms with Gasteiger partial charge in [0, 0.05) is 11.6 Å². The Labute approximate surface area is 113 Å². The summed E-state index contributed by atoms with van der Waals surface area (Å²) in [7, 11) is 0. The topological polar surface area (TPSA) is 57.0 Å². The lowest BCUT2D eigenvalue weighted by Gasteiger charge is -2.16. The highest BCUT2D eigenvalue weighted by Gasteiger charge is 2.23. The Morgan fingerprint density at radius 3 is 2.83 bits per heavy atom. The molecule has 6 heteroatoms. The number of halogens is 1. The third-order valence-electron chi connectivity index (χ3n) is 2.42. The minimum Gasteiger partial charge on any atom is -0.442 e. The molecule has 0 aliphatic heterocycles. The summed E-state index contributed by atoms with van der Waals surface area (Å²) in [4.78, 5) is 15.8. The normalized spacial score (nSPS) is 11.8. The fraction of sp³-hybridized carbons (Fsp3) is 0.417. The molecule has 2 heterocycles. The standard InChI is InChI=1S/C12H14BrN3O2/c1-12(2,3)11(17)18-7-16-9-4-10(13)14-5-8(9)6-15-16/h4-6H,7H2,1-3H3. The van der Waals surface area contributed by atoms with Gasteiger partial charge in [-0.15, -0.1) is 0 Å². The van der Waals surface area contributed by atoms with E-state index in [0.717, 1.165) is 15.5 Å². The third kappa shape index (κ3) is 2.69. The predicted molar refractivity (Wildman–Crippen MR) is 70.8 cm³/mol. The van der Waals surface area contributed by atoms with Crippen molar-refractivity contribution in [3.63, 3.8) is 0 Å². The van der Waals surface area contributed by atoms with Crippen molar-refractivity contribution in [2.45, 2.75) is 27.5 Å². The number of ether oxygens (including phenoxy) is 1. The monoisotopic (exact) mass is 311 g/mol. The van der Waals surface area contributed by atoms with Gasteiger partial charge >= 0.3 is 5.97 Å². The highest BCUT2D eigenvalue weighted by molar-refractivity contribution is 9.10. The summed E-state index contributed by atoms with van der Waals surface area (Å²) in [5, 5.41) is 5.08. The first kappa shape index (κ1) is 13.0. The van der Waals surface area contributed by atoms with E-state index < -0.39 is 5.41 Å². The molecular formula is C12H14BrN3O2. The van der Waals surface area contributed by atoms with E-state index in [4.69, 9.17) is 4.74 Å². The molecule has 96 valence electrons. The lowest BCUT2D eigenvalue weighted by molar-refractivity contribution is -0.157. The molecule has 2 rings (SSSR count). The van der Waals surface area contributed by atoms with Crippen molar-refractivity contribution in [3.8, 4) is 0 Å². The van der Waals surface area contributed by atoms with E-state index in [-0.39, 0.29) is 12.7 Å². The van der Waals surface area contributed by atoms with Crippen LogP contribution in [0.5, 0.6) is 0 Å². The van der Waals surface area contributed by atoms with Crippen LogP contribution in [0.25, 0.3) is 10.9 Å². The van der Waals surface area contributed by atoms with Crippen LogP contribution in [0.15, 0.2) is 23.1 Å². The molecule has 0 aliphatic rings. The summed E-state index contributed by atoms with van der Waals surface area (Å²) in [6.45, 7) is 5.56. The van der Waals surface area contributed by atoms with Gasteiger partial charge in [-0.25, -0.2) is 9.67 Å². The molecule has 0 bridgehead atoms. The van der Waals surface area contributed by atoms with E-state index in [9.17, 15) is 4.79 Å². The number of esters is 1. The molecule has 0 fully saturated rings. The number of carbonyl (C=O) groups is 1. The van der Waals surface area contributed by atoms with Crippen LogP contribution >= 0.6 is 15.9 Å². The fourth-order valence-electron chi connectivity index (χ4n) is 1.39. The van der Waals surface area contributed by atoms with Gasteiger partial charge in [0.1, 0.15) is 4.60 Å². The van der Waals surface area contributed by atoms with Crippen molar-refractivity contribution in [2.75, 3.05) is 0 Å². The van der Waals surface area contributed by atoms with Crippen LogP contribution in [0.3, 0.4) is 0 Å². The molecule has 0 atom stereocenters. The second kappa shape index (κ2) is 4.68. The van der Waals surface area contributed by atoms with Crippen molar-refractivity contribution in [2.24, 2.45) is 5.41 Å². The van der Waals surface area contributed by atoms with Crippen LogP contribution in [0.2, 0.25) is 0 Å². The number of carbonyl (C=O) groups excluding carboxylic acids is 1. The Morgan fingerprint density at radius 2 is 2.17 bits per heavy atom. The maximum Gasteiger partial charge on any atom is 0.313 e. The minimum absolute atomic E-state index is 0.107. The van der Waals surface area contributed by atoms with Gasteiger partial charge in [-0.1, -0.05) is 0 Å². The van der Waals surface area contributed by atoms with E-state index in [1.54, 1.807) is 17.1 Å². The number of hydrogen-bond donors (Lipinski definition) is 0. The van der Waals surface area contributed by atoms with Gasteiger partial charge in [0.15, 0.2) is 6.73 Å². The molecular weight excluding hydrogens is 298 g/mol. The van der Waals surface area contributed by atoms with Crippen LogP contribution in [-0.4, -0.2) is 20.7 Å². The summed E-state index contributed by atoms with van der Waals surface area (Å²) >= 11 is 3.30. The quantitative estimate of drug-likeness (QED) is 0.632. The molecule has 0 spiro atoms. The van der Waals surface area contributed by atoms with Gasteiger partial charge in [0.25, 0.3) is 0 Å². The lowest BCUT2D eigenvalue weighted by Crippen LogP contribution is -2.24. The van der Waals surface area contributed by atoms with E-state index in [2.05, 4.69) is 26.0 Å². The Balaban J connectivity index is 2.18. The Kier molecular flexibility index (Phi) is 3.38. The molecule has 2 aromatic heterocycles. The van der Waals surface area contributed by atoms with Gasteiger partial charge in [-0.2, -0.15) is 5.10 Å². The molecule has 0 unspecified atom stereocenters. The van der Waals surface area contributed by atoms with Crippen molar-refractivity contribution in [3.05, 3.63) is 23.1 Å². The van der Waals surface area contributed by atoms with Gasteiger partial charge in [0.2, 0.25) is 0 Å². The second-order valence-electron chi connectivity index (χ2n) is 5.02. The number of aromatic nitrogens is 3. The molecule has 0 aromatic carbocycles. The average Bonchev–Trinajstić information content (AvgIpc) is 2.67. The van der Waals surface area contributed by atoms with Crippen LogP contribution in [0, 0.1) is 5.41 Å². The smallest absolute Gasteiger partial charge is 0.313 e. The molecule has 0 saturated heterocycles. The Morgan fingerprint density at radius 1 is 1.44 bits per heavy atom. The SMILES string of the molecule is CC(C)(C)C(=O)OCn1ncc2cnc(Br)cc21. The lowest BCUT2D eigenvalue weighted by atomic mass is 9.98. The maximum absolute atomic E-state index is 11.7. The second-order valence-corrected chi connectivity index (χ2v) is 5.83. The van der Waals surface area contributed by atoms with Crippen molar-refractivity contribution < 1.29 is 9.53 Å². The van der Waals surface area contributed by atoms with Crippen molar-refractivity contribution >= 4 is 32.8 Å². The fourth-order valence-corrected chi connectivity index (χ4v) is 1.71. The third-order valence-corrected chi connectivity index (χ3v) is 2.86. The van der Waals surface area contributed by atoms with Crippen LogP contribution in [0.1, 0.15) is 20.8 Å². The van der Waals surface area contributed by atoms with E-state index in [1.165, 1.54) is 0 Å². The Bertz CT molecular complexity index is 587. The molecule has 0 saturated carbocycles. The number of rotatable bonds is 2. The number of hydrogen-bond acceptors (Lipinski definition) is 4. The summed E-state index contributed by atoms with van der Waals surface area (Å²) in [6.07, 6.45) is 3.41. The van der Waals surface area contributed by atoms with Crippen LogP contribution in [0.4, 0.5) is 0 Å². The van der Waals surface area contributed by atoms with Crippen molar-refractivity contribution in [1.29, 1.82) is 0 Å². The first-order valence-corrected chi connectivity index (χ1v) is 6.31. The predicted octanol–water partition coefficient (Wildman–Crippen LogP) is 2.74. The molecule has 0 aliphatic carbocycles. The van der Waals surface area contributed by atoms with Gasteiger partial charge in [-0.3, -0.25) is 4.79 Å². The number of nitrogens with zero attached hydrogens (tertiary/aromatic N) is 3. The molecule has 0 amide bonds. The minimum atomic E-state index is -0.509. The van der Waals surface area contributed by atoms with E-state index in [1.807, 2.05) is 26.8 Å². The zero-order chi connectivity index (χ0) is 13.3.